The maximum absolute atomic E-state index is 12.7. The Hall–Kier alpha value is -2.71. The average Bonchev–Trinajstić information content (AvgIpc) is 2.98. The lowest BCUT2D eigenvalue weighted by atomic mass is 10.2. The van der Waals surface area contributed by atoms with E-state index in [0.29, 0.717) is 16.9 Å². The van der Waals surface area contributed by atoms with Gasteiger partial charge in [-0.25, -0.2) is 4.79 Å². The Balaban J connectivity index is 2.17. The van der Waals surface area contributed by atoms with E-state index in [-0.39, 0.29) is 11.5 Å². The number of carbonyl (C=O) groups excluding carboxylic acids is 1. The molecule has 0 amide bonds. The second-order valence-corrected chi connectivity index (χ2v) is 8.68. The van der Waals surface area contributed by atoms with E-state index in [1.807, 2.05) is 6.92 Å². The van der Waals surface area contributed by atoms with Crippen molar-refractivity contribution in [1.82, 2.24) is 4.57 Å². The first-order chi connectivity index (χ1) is 13.4. The predicted molar refractivity (Wildman–Crippen MR) is 110 cm³/mol. The summed E-state index contributed by atoms with van der Waals surface area (Å²) in [5.74, 6) is -0.418. The van der Waals surface area contributed by atoms with Crippen molar-refractivity contribution in [2.24, 2.45) is 4.40 Å². The van der Waals surface area contributed by atoms with Crippen LogP contribution in [-0.2, 0) is 21.3 Å². The predicted octanol–water partition coefficient (Wildman–Crippen LogP) is 3.66. The maximum atomic E-state index is 12.7. The van der Waals surface area contributed by atoms with Crippen LogP contribution < -0.4 is 4.80 Å². The van der Waals surface area contributed by atoms with Crippen LogP contribution in [-0.4, -0.2) is 25.6 Å². The van der Waals surface area contributed by atoms with E-state index in [2.05, 4.69) is 11.0 Å². The van der Waals surface area contributed by atoms with Gasteiger partial charge in [-0.2, -0.15) is 8.42 Å². The number of sulfonamides is 1. The highest BCUT2D eigenvalue weighted by Crippen LogP contribution is 2.21. The highest BCUT2D eigenvalue weighted by Gasteiger charge is 2.15. The van der Waals surface area contributed by atoms with E-state index in [4.69, 9.17) is 4.74 Å². The molecule has 28 heavy (non-hydrogen) atoms. The molecule has 0 aliphatic rings. The van der Waals surface area contributed by atoms with Gasteiger partial charge in [0.15, 0.2) is 0 Å². The van der Waals surface area contributed by atoms with Crippen molar-refractivity contribution in [3.63, 3.8) is 0 Å². The first-order valence-corrected chi connectivity index (χ1v) is 10.9. The zero-order valence-corrected chi connectivity index (χ0v) is 17.2. The molecule has 0 N–H and O–H groups in total. The monoisotopic (exact) mass is 416 g/mol. The minimum absolute atomic E-state index is 0.132. The molecule has 0 aliphatic heterocycles. The number of thiazole rings is 1. The van der Waals surface area contributed by atoms with Crippen molar-refractivity contribution in [2.45, 2.75) is 25.3 Å². The summed E-state index contributed by atoms with van der Waals surface area (Å²) in [5.41, 5.74) is 2.15. The first-order valence-electron chi connectivity index (χ1n) is 8.65. The molecular formula is C20H20N2O4S2. The topological polar surface area (TPSA) is 77.7 Å². The van der Waals surface area contributed by atoms with E-state index < -0.39 is 16.0 Å². The molecule has 0 bridgehead atoms. The molecule has 146 valence electrons. The Kier molecular flexibility index (Phi) is 5.81. The number of aryl methyl sites for hydroxylation is 1. The lowest BCUT2D eigenvalue weighted by Crippen LogP contribution is -2.16. The lowest BCUT2D eigenvalue weighted by molar-refractivity contribution is 0.0526. The molecule has 3 rings (SSSR count). The fourth-order valence-electron chi connectivity index (χ4n) is 2.66. The van der Waals surface area contributed by atoms with Gasteiger partial charge in [0.1, 0.15) is 0 Å². The molecule has 0 radical (unpaired) electrons. The number of carbonyl (C=O) groups is 1. The average molecular weight is 417 g/mol. The van der Waals surface area contributed by atoms with Crippen LogP contribution in [0.3, 0.4) is 0 Å². The van der Waals surface area contributed by atoms with Gasteiger partial charge in [-0.3, -0.25) is 0 Å². The van der Waals surface area contributed by atoms with Crippen LogP contribution in [0.2, 0.25) is 0 Å². The zero-order valence-electron chi connectivity index (χ0n) is 15.6. The normalized spacial score (nSPS) is 12.3. The molecule has 1 heterocycles. The highest BCUT2D eigenvalue weighted by atomic mass is 32.2. The van der Waals surface area contributed by atoms with Gasteiger partial charge < -0.3 is 9.30 Å². The summed E-state index contributed by atoms with van der Waals surface area (Å²) in [5, 5.41) is 0. The summed E-state index contributed by atoms with van der Waals surface area (Å²) >= 11 is 1.20. The number of allylic oxidation sites excluding steroid dienone is 1. The van der Waals surface area contributed by atoms with Gasteiger partial charge in [0, 0.05) is 6.54 Å². The second-order valence-electron chi connectivity index (χ2n) is 6.07. The smallest absolute Gasteiger partial charge is 0.338 e. The molecule has 3 aromatic rings. The number of benzene rings is 2. The van der Waals surface area contributed by atoms with E-state index >= 15 is 0 Å². The van der Waals surface area contributed by atoms with Crippen LogP contribution in [0.15, 0.2) is 64.4 Å². The molecule has 2 aromatic carbocycles. The number of fused-ring (bicyclic) bond motifs is 1. The molecule has 6 nitrogen and oxygen atoms in total. The van der Waals surface area contributed by atoms with Crippen LogP contribution in [0.4, 0.5) is 0 Å². The summed E-state index contributed by atoms with van der Waals surface area (Å²) < 4.78 is 37.0. The number of nitrogens with zero attached hydrogens (tertiary/aromatic N) is 2. The minimum atomic E-state index is -3.86. The highest BCUT2D eigenvalue weighted by molar-refractivity contribution is 7.90. The minimum Gasteiger partial charge on any atom is -0.462 e. The molecule has 0 fully saturated rings. The molecule has 0 atom stereocenters. The molecule has 1 aromatic heterocycles. The van der Waals surface area contributed by atoms with Gasteiger partial charge in [-0.15, -0.1) is 11.0 Å². The Bertz CT molecular complexity index is 1200. The Morgan fingerprint density at radius 3 is 2.61 bits per heavy atom. The molecule has 8 heteroatoms. The maximum Gasteiger partial charge on any atom is 0.338 e. The van der Waals surface area contributed by atoms with Crippen molar-refractivity contribution in [3.8, 4) is 0 Å². The van der Waals surface area contributed by atoms with Crippen LogP contribution >= 0.6 is 11.3 Å². The third-order valence-electron chi connectivity index (χ3n) is 4.02. The Labute approximate surface area is 167 Å². The molecule has 0 spiro atoms. The van der Waals surface area contributed by atoms with Gasteiger partial charge in [-0.05, 0) is 44.2 Å². The van der Waals surface area contributed by atoms with E-state index in [1.54, 1.807) is 47.9 Å². The summed E-state index contributed by atoms with van der Waals surface area (Å²) in [4.78, 5) is 12.4. The molecule has 0 saturated carbocycles. The number of aromatic nitrogens is 1. The summed E-state index contributed by atoms with van der Waals surface area (Å²) in [7, 11) is -3.86. The number of ether oxygens (including phenoxy) is 1. The number of esters is 1. The van der Waals surface area contributed by atoms with Crippen molar-refractivity contribution >= 4 is 37.5 Å². The van der Waals surface area contributed by atoms with Crippen molar-refractivity contribution in [2.75, 3.05) is 6.61 Å². The van der Waals surface area contributed by atoms with E-state index in [9.17, 15) is 13.2 Å². The summed E-state index contributed by atoms with van der Waals surface area (Å²) in [6.07, 6.45) is 1.67. The van der Waals surface area contributed by atoms with Gasteiger partial charge in [0.05, 0.1) is 27.3 Å². The van der Waals surface area contributed by atoms with Crippen molar-refractivity contribution < 1.29 is 17.9 Å². The van der Waals surface area contributed by atoms with Crippen molar-refractivity contribution in [1.29, 1.82) is 0 Å². The summed E-state index contributed by atoms with van der Waals surface area (Å²) in [6, 6.07) is 11.7. The number of rotatable bonds is 6. The number of hydrogen-bond donors (Lipinski definition) is 0. The number of hydrogen-bond acceptors (Lipinski definition) is 5. The largest absolute Gasteiger partial charge is 0.462 e. The van der Waals surface area contributed by atoms with E-state index in [0.717, 1.165) is 15.8 Å². The van der Waals surface area contributed by atoms with Crippen LogP contribution in [0.5, 0.6) is 0 Å². The van der Waals surface area contributed by atoms with Gasteiger partial charge in [-0.1, -0.05) is 35.1 Å². The standard InChI is InChI=1S/C20H20N2O4S2/c1-4-12-22-17-11-8-15(19(23)26-5-2)13-18(17)27-20(22)21-28(24,25)16-9-6-14(3)7-10-16/h4,6-11,13H,1,5,12H2,2-3H3/b21-20-. The van der Waals surface area contributed by atoms with Crippen LogP contribution in [0, 0.1) is 6.92 Å². The van der Waals surface area contributed by atoms with Crippen LogP contribution in [0.1, 0.15) is 22.8 Å². The Morgan fingerprint density at radius 1 is 1.25 bits per heavy atom. The van der Waals surface area contributed by atoms with E-state index in [1.165, 1.54) is 23.5 Å². The molecule has 0 unspecified atom stereocenters. The Morgan fingerprint density at radius 2 is 1.96 bits per heavy atom. The fourth-order valence-corrected chi connectivity index (χ4v) is 4.94. The second kappa shape index (κ2) is 8.12. The SMILES string of the molecule is C=CCn1/c(=N/S(=O)(=O)c2ccc(C)cc2)sc2cc(C(=O)OCC)ccc21. The molecule has 0 aliphatic carbocycles. The third kappa shape index (κ3) is 4.07. The fraction of sp³-hybridized carbons (Fsp3) is 0.200. The van der Waals surface area contributed by atoms with Crippen LogP contribution in [0.25, 0.3) is 10.2 Å². The first kappa shape index (κ1) is 20.0. The van der Waals surface area contributed by atoms with Gasteiger partial charge >= 0.3 is 5.97 Å². The van der Waals surface area contributed by atoms with Gasteiger partial charge in [0.25, 0.3) is 10.0 Å². The molecular weight excluding hydrogens is 396 g/mol. The van der Waals surface area contributed by atoms with Gasteiger partial charge in [0.2, 0.25) is 4.80 Å². The quantitative estimate of drug-likeness (QED) is 0.454. The summed E-state index contributed by atoms with van der Waals surface area (Å²) in [6.45, 7) is 8.04. The van der Waals surface area contributed by atoms with Crippen molar-refractivity contribution in [3.05, 3.63) is 71.0 Å². The zero-order chi connectivity index (χ0) is 20.3. The lowest BCUT2D eigenvalue weighted by Gasteiger charge is -2.04. The molecule has 0 saturated heterocycles. The third-order valence-corrected chi connectivity index (χ3v) is 6.46.